The molecule has 2 rings (SSSR count). The van der Waals surface area contributed by atoms with Gasteiger partial charge in [0, 0.05) is 13.1 Å². The number of carbonyl (C=O) groups excluding carboxylic acids is 2. The largest absolute Gasteiger partial charge is 0.443 e. The molecule has 0 radical (unpaired) electrons. The Morgan fingerprint density at radius 1 is 1.21 bits per heavy atom. The minimum Gasteiger partial charge on any atom is -0.443 e. The Balaban J connectivity index is 1.83. The fourth-order valence-electron chi connectivity index (χ4n) is 2.38. The van der Waals surface area contributed by atoms with Crippen molar-refractivity contribution < 1.29 is 14.3 Å². The molecular formula is C13H23N3O3. The van der Waals surface area contributed by atoms with Crippen LogP contribution in [-0.2, 0) is 9.53 Å². The van der Waals surface area contributed by atoms with Gasteiger partial charge in [-0.1, -0.05) is 0 Å². The summed E-state index contributed by atoms with van der Waals surface area (Å²) in [5, 5.41) is 1.66. The van der Waals surface area contributed by atoms with Gasteiger partial charge in [-0.25, -0.2) is 4.79 Å². The minimum absolute atomic E-state index is 0.0422. The molecule has 0 aromatic carbocycles. The van der Waals surface area contributed by atoms with E-state index in [1.165, 1.54) is 0 Å². The van der Waals surface area contributed by atoms with Crippen molar-refractivity contribution in [1.82, 2.24) is 15.3 Å². The lowest BCUT2D eigenvalue weighted by atomic mass is 10.2. The molecular weight excluding hydrogens is 246 g/mol. The van der Waals surface area contributed by atoms with Crippen LogP contribution < -0.4 is 5.43 Å². The van der Waals surface area contributed by atoms with Gasteiger partial charge in [-0.15, -0.1) is 0 Å². The van der Waals surface area contributed by atoms with Crippen LogP contribution in [0.1, 0.15) is 40.5 Å². The maximum absolute atomic E-state index is 12.2. The van der Waals surface area contributed by atoms with Crippen LogP contribution in [0.5, 0.6) is 0 Å². The summed E-state index contributed by atoms with van der Waals surface area (Å²) in [6.45, 7) is 9.03. The van der Waals surface area contributed by atoms with Crippen molar-refractivity contribution in [3.05, 3.63) is 0 Å². The summed E-state index contributed by atoms with van der Waals surface area (Å²) in [5.74, 6) is 0.112. The molecule has 0 saturated carbocycles. The van der Waals surface area contributed by atoms with Crippen molar-refractivity contribution in [2.75, 3.05) is 13.1 Å². The number of carbonyl (C=O) groups is 2. The van der Waals surface area contributed by atoms with E-state index in [1.54, 1.807) is 5.01 Å². The predicted octanol–water partition coefficient (Wildman–Crippen LogP) is 1.12. The van der Waals surface area contributed by atoms with E-state index in [4.69, 9.17) is 4.74 Å². The topological polar surface area (TPSA) is 61.7 Å². The number of ether oxygens (including phenoxy) is 1. The van der Waals surface area contributed by atoms with Crippen molar-refractivity contribution in [3.63, 3.8) is 0 Å². The van der Waals surface area contributed by atoms with Gasteiger partial charge in [-0.2, -0.15) is 5.01 Å². The van der Waals surface area contributed by atoms with Gasteiger partial charge in [-0.3, -0.25) is 10.2 Å². The third-order valence-corrected chi connectivity index (χ3v) is 3.40. The first-order valence-electron chi connectivity index (χ1n) is 6.86. The van der Waals surface area contributed by atoms with Crippen LogP contribution in [0.25, 0.3) is 0 Å². The highest BCUT2D eigenvalue weighted by atomic mass is 16.6. The molecule has 6 nitrogen and oxygen atoms in total. The van der Waals surface area contributed by atoms with E-state index in [2.05, 4.69) is 5.43 Å². The van der Waals surface area contributed by atoms with E-state index in [0.717, 1.165) is 25.9 Å². The number of hydrogen-bond acceptors (Lipinski definition) is 4. The number of nitrogens with one attached hydrogen (secondary N) is 1. The summed E-state index contributed by atoms with van der Waals surface area (Å²) < 4.78 is 5.17. The normalized spacial score (nSPS) is 30.1. The first-order chi connectivity index (χ1) is 8.79. The average Bonchev–Trinajstić information content (AvgIpc) is 2.75. The Hall–Kier alpha value is -1.30. The molecule has 2 aliphatic heterocycles. The molecule has 0 bridgehead atoms. The Kier molecular flexibility index (Phi) is 3.71. The third-order valence-electron chi connectivity index (χ3n) is 3.40. The quantitative estimate of drug-likeness (QED) is 0.763. The molecule has 2 heterocycles. The van der Waals surface area contributed by atoms with Crippen LogP contribution in [0, 0.1) is 0 Å². The molecule has 6 heteroatoms. The number of likely N-dealkylation sites (tertiary alicyclic amines) is 1. The monoisotopic (exact) mass is 269 g/mol. The number of rotatable bonds is 2. The van der Waals surface area contributed by atoms with Gasteiger partial charge in [0.15, 0.2) is 0 Å². The van der Waals surface area contributed by atoms with Crippen molar-refractivity contribution in [2.45, 2.75) is 58.2 Å². The van der Waals surface area contributed by atoms with E-state index in [1.807, 2.05) is 32.6 Å². The van der Waals surface area contributed by atoms with E-state index in [9.17, 15) is 9.59 Å². The standard InChI is InChI=1S/C13H23N3O3/c1-9-10(11(17)15-7-5-6-8-15)16(9)14-12(18)19-13(2,3)4/h9-10H,5-8H2,1-4H3,(H,14,18)/t9-,10-,16?/m0/s1. The zero-order valence-electron chi connectivity index (χ0n) is 12.1. The zero-order chi connectivity index (χ0) is 14.2. The second-order valence-electron chi connectivity index (χ2n) is 6.24. The summed E-state index contributed by atoms with van der Waals surface area (Å²) in [4.78, 5) is 25.7. The Labute approximate surface area is 114 Å². The summed E-state index contributed by atoms with van der Waals surface area (Å²) in [7, 11) is 0. The summed E-state index contributed by atoms with van der Waals surface area (Å²) >= 11 is 0. The number of hydrogen-bond donors (Lipinski definition) is 1. The third kappa shape index (κ3) is 3.37. The highest BCUT2D eigenvalue weighted by Crippen LogP contribution is 2.28. The van der Waals surface area contributed by atoms with E-state index >= 15 is 0 Å². The maximum Gasteiger partial charge on any atom is 0.422 e. The molecule has 0 aromatic heterocycles. The number of amides is 2. The van der Waals surface area contributed by atoms with Gasteiger partial charge in [0.2, 0.25) is 5.91 Å². The van der Waals surface area contributed by atoms with Crippen molar-refractivity contribution in [3.8, 4) is 0 Å². The summed E-state index contributed by atoms with van der Waals surface area (Å²) in [6.07, 6.45) is 1.65. The lowest BCUT2D eigenvalue weighted by molar-refractivity contribution is -0.130. The first kappa shape index (κ1) is 14.1. The van der Waals surface area contributed by atoms with Gasteiger partial charge in [0.25, 0.3) is 0 Å². The predicted molar refractivity (Wildman–Crippen MR) is 70.3 cm³/mol. The number of hydrazine groups is 1. The lowest BCUT2D eigenvalue weighted by Gasteiger charge is -2.20. The minimum atomic E-state index is -0.530. The SMILES string of the molecule is C[C@H]1[C@@H](C(=O)N2CCCC2)N1NC(=O)OC(C)(C)C. The van der Waals surface area contributed by atoms with Gasteiger partial charge in [0.05, 0.1) is 6.04 Å². The molecule has 19 heavy (non-hydrogen) atoms. The molecule has 108 valence electrons. The summed E-state index contributed by atoms with van der Waals surface area (Å²) in [6, 6.07) is -0.189. The average molecular weight is 269 g/mol. The molecule has 3 atom stereocenters. The molecule has 2 aliphatic rings. The molecule has 2 saturated heterocycles. The molecule has 0 spiro atoms. The second-order valence-corrected chi connectivity index (χ2v) is 6.24. The van der Waals surface area contributed by atoms with Crippen LogP contribution >= 0.6 is 0 Å². The Bertz CT molecular complexity index is 372. The fraction of sp³-hybridized carbons (Fsp3) is 0.846. The van der Waals surface area contributed by atoms with E-state index in [0.29, 0.717) is 0 Å². The van der Waals surface area contributed by atoms with Gasteiger partial charge in [0.1, 0.15) is 11.6 Å². The van der Waals surface area contributed by atoms with Crippen molar-refractivity contribution in [2.24, 2.45) is 0 Å². The zero-order valence-corrected chi connectivity index (χ0v) is 12.1. The fourth-order valence-corrected chi connectivity index (χ4v) is 2.38. The Morgan fingerprint density at radius 3 is 2.32 bits per heavy atom. The Morgan fingerprint density at radius 2 is 1.79 bits per heavy atom. The van der Waals surface area contributed by atoms with Crippen LogP contribution in [0.2, 0.25) is 0 Å². The van der Waals surface area contributed by atoms with Gasteiger partial charge in [-0.05, 0) is 40.5 Å². The highest BCUT2D eigenvalue weighted by Gasteiger charge is 2.52. The molecule has 2 fully saturated rings. The van der Waals surface area contributed by atoms with E-state index in [-0.39, 0.29) is 18.0 Å². The first-order valence-corrected chi connectivity index (χ1v) is 6.86. The number of nitrogens with zero attached hydrogens (tertiary/aromatic N) is 2. The van der Waals surface area contributed by atoms with Crippen molar-refractivity contribution >= 4 is 12.0 Å². The summed E-state index contributed by atoms with van der Waals surface area (Å²) in [5.41, 5.74) is 2.11. The molecule has 1 N–H and O–H groups in total. The van der Waals surface area contributed by atoms with Crippen LogP contribution in [0.4, 0.5) is 4.79 Å². The maximum atomic E-state index is 12.2. The lowest BCUT2D eigenvalue weighted by Crippen LogP contribution is -2.40. The molecule has 1 unspecified atom stereocenters. The van der Waals surface area contributed by atoms with E-state index < -0.39 is 11.7 Å². The van der Waals surface area contributed by atoms with Crippen LogP contribution in [0.3, 0.4) is 0 Å². The van der Waals surface area contributed by atoms with Crippen LogP contribution in [0.15, 0.2) is 0 Å². The smallest absolute Gasteiger partial charge is 0.422 e. The molecule has 0 aromatic rings. The van der Waals surface area contributed by atoms with Crippen molar-refractivity contribution in [1.29, 1.82) is 0 Å². The van der Waals surface area contributed by atoms with Crippen LogP contribution in [-0.4, -0.2) is 52.7 Å². The van der Waals surface area contributed by atoms with Gasteiger partial charge >= 0.3 is 6.09 Å². The second kappa shape index (κ2) is 5.00. The molecule has 0 aliphatic carbocycles. The molecule has 2 amide bonds. The highest BCUT2D eigenvalue weighted by molar-refractivity contribution is 5.86. The van der Waals surface area contributed by atoms with Gasteiger partial charge < -0.3 is 9.64 Å².